The molecule has 1 saturated heterocycles. The van der Waals surface area contributed by atoms with E-state index in [0.29, 0.717) is 56.1 Å². The molecule has 1 N–H and O–H groups in total. The Hall–Kier alpha value is -3.58. The van der Waals surface area contributed by atoms with Crippen LogP contribution in [0.25, 0.3) is 0 Å². The minimum absolute atomic E-state index is 0.0258. The quantitative estimate of drug-likeness (QED) is 0.475. The molecule has 1 aliphatic rings. The number of pyridine rings is 1. The summed E-state index contributed by atoms with van der Waals surface area (Å²) in [5, 5.41) is 11.1. The average molecular weight is 491 g/mol. The molecule has 0 saturated carbocycles. The van der Waals surface area contributed by atoms with E-state index in [1.807, 2.05) is 68.4 Å². The van der Waals surface area contributed by atoms with Gasteiger partial charge in [0, 0.05) is 5.69 Å². The molecule has 1 atom stereocenters. The second kappa shape index (κ2) is 11.4. The molecular formula is C29H34N2O5. The summed E-state index contributed by atoms with van der Waals surface area (Å²) >= 11 is 0. The van der Waals surface area contributed by atoms with Gasteiger partial charge in [-0.05, 0) is 69.1 Å². The normalized spacial score (nSPS) is 15.4. The molecule has 1 aromatic heterocycles. The van der Waals surface area contributed by atoms with Crippen LogP contribution in [0.1, 0.15) is 48.2 Å². The minimum atomic E-state index is -0.488. The van der Waals surface area contributed by atoms with Gasteiger partial charge in [-0.15, -0.1) is 0 Å². The summed E-state index contributed by atoms with van der Waals surface area (Å²) in [5.74, 6) is 0.323. The number of nitrogens with zero attached hydrogens (tertiary/aromatic N) is 2. The Morgan fingerprint density at radius 3 is 2.47 bits per heavy atom. The molecule has 1 aliphatic heterocycles. The Bertz CT molecular complexity index is 1250. The molecule has 2 heterocycles. The maximum atomic E-state index is 14.0. The van der Waals surface area contributed by atoms with E-state index in [9.17, 15) is 14.7 Å². The van der Waals surface area contributed by atoms with E-state index in [4.69, 9.17) is 9.47 Å². The maximum Gasteiger partial charge on any atom is 0.309 e. The number of carbonyl (C=O) groups excluding carboxylic acids is 1. The van der Waals surface area contributed by atoms with Crippen LogP contribution in [0.4, 0.5) is 0 Å². The molecule has 190 valence electrons. The zero-order valence-electron chi connectivity index (χ0n) is 21.1. The summed E-state index contributed by atoms with van der Waals surface area (Å²) in [4.78, 5) is 28.4. The zero-order valence-corrected chi connectivity index (χ0v) is 21.1. The first-order valence-electron chi connectivity index (χ1n) is 12.4. The first-order valence-corrected chi connectivity index (χ1v) is 12.4. The number of aromatic nitrogens is 1. The van der Waals surface area contributed by atoms with Crippen molar-refractivity contribution in [1.29, 1.82) is 0 Å². The van der Waals surface area contributed by atoms with Crippen LogP contribution < -0.4 is 10.3 Å². The van der Waals surface area contributed by atoms with Crippen LogP contribution in [0.2, 0.25) is 0 Å². The number of benzene rings is 2. The molecule has 4 rings (SSSR count). The first kappa shape index (κ1) is 25.5. The summed E-state index contributed by atoms with van der Waals surface area (Å²) in [6.07, 6.45) is 1.26. The SMILES string of the molecule is CCOC(=O)C1CCN([C@H](c2cccc(OC)c2)c2c(O)cc(C)n(Cc3ccccc3)c2=O)CC1. The monoisotopic (exact) mass is 490 g/mol. The van der Waals surface area contributed by atoms with Gasteiger partial charge < -0.3 is 19.1 Å². The second-order valence-electron chi connectivity index (χ2n) is 9.20. The molecule has 7 nitrogen and oxygen atoms in total. The van der Waals surface area contributed by atoms with Crippen LogP contribution in [0.15, 0.2) is 65.5 Å². The lowest BCUT2D eigenvalue weighted by atomic mass is 9.91. The number of carbonyl (C=O) groups is 1. The number of hydrogen-bond donors (Lipinski definition) is 1. The number of esters is 1. The third-order valence-corrected chi connectivity index (χ3v) is 6.90. The van der Waals surface area contributed by atoms with Crippen molar-refractivity contribution in [3.05, 3.63) is 93.4 Å². The van der Waals surface area contributed by atoms with Crippen LogP contribution in [0, 0.1) is 12.8 Å². The predicted octanol–water partition coefficient (Wildman–Crippen LogP) is 4.28. The Labute approximate surface area is 211 Å². The number of rotatable bonds is 8. The number of hydrogen-bond acceptors (Lipinski definition) is 6. The number of aryl methyl sites for hydroxylation is 1. The van der Waals surface area contributed by atoms with E-state index < -0.39 is 6.04 Å². The van der Waals surface area contributed by atoms with Gasteiger partial charge >= 0.3 is 5.97 Å². The van der Waals surface area contributed by atoms with Gasteiger partial charge in [0.1, 0.15) is 11.5 Å². The van der Waals surface area contributed by atoms with Gasteiger partial charge in [-0.25, -0.2) is 0 Å². The van der Waals surface area contributed by atoms with E-state index in [1.165, 1.54) is 0 Å². The molecule has 0 amide bonds. The third-order valence-electron chi connectivity index (χ3n) is 6.90. The fourth-order valence-electron chi connectivity index (χ4n) is 5.01. The summed E-state index contributed by atoms with van der Waals surface area (Å²) in [6, 6.07) is 18.6. The minimum Gasteiger partial charge on any atom is -0.507 e. The van der Waals surface area contributed by atoms with Gasteiger partial charge in [-0.2, -0.15) is 0 Å². The largest absolute Gasteiger partial charge is 0.507 e. The Morgan fingerprint density at radius 1 is 1.08 bits per heavy atom. The molecule has 3 aromatic rings. The van der Waals surface area contributed by atoms with Crippen molar-refractivity contribution in [2.75, 3.05) is 26.8 Å². The topological polar surface area (TPSA) is 81.0 Å². The van der Waals surface area contributed by atoms with Gasteiger partial charge in [-0.1, -0.05) is 42.5 Å². The first-order chi connectivity index (χ1) is 17.4. The van der Waals surface area contributed by atoms with Crippen LogP contribution in [0.5, 0.6) is 11.5 Å². The van der Waals surface area contributed by atoms with Gasteiger partial charge in [0.2, 0.25) is 0 Å². The molecule has 7 heteroatoms. The van der Waals surface area contributed by atoms with Gasteiger partial charge in [0.05, 0.1) is 37.8 Å². The number of methoxy groups -OCH3 is 1. The summed E-state index contributed by atoms with van der Waals surface area (Å²) < 4.78 is 12.4. The van der Waals surface area contributed by atoms with Crippen molar-refractivity contribution < 1.29 is 19.4 Å². The van der Waals surface area contributed by atoms with Gasteiger partial charge in [0.15, 0.2) is 0 Å². The van der Waals surface area contributed by atoms with Crippen molar-refractivity contribution in [2.45, 2.75) is 39.3 Å². The van der Waals surface area contributed by atoms with Crippen molar-refractivity contribution >= 4 is 5.97 Å². The van der Waals surface area contributed by atoms with Crippen molar-refractivity contribution in [3.8, 4) is 11.5 Å². The molecule has 0 radical (unpaired) electrons. The lowest BCUT2D eigenvalue weighted by Crippen LogP contribution is -2.42. The molecule has 1 fully saturated rings. The summed E-state index contributed by atoms with van der Waals surface area (Å²) in [6.45, 7) is 5.61. The Balaban J connectivity index is 1.76. The van der Waals surface area contributed by atoms with E-state index >= 15 is 0 Å². The molecule has 0 bridgehead atoms. The Kier molecular flexibility index (Phi) is 8.10. The fraction of sp³-hybridized carbons (Fsp3) is 0.379. The van der Waals surface area contributed by atoms with Crippen LogP contribution in [-0.4, -0.2) is 47.3 Å². The van der Waals surface area contributed by atoms with Crippen molar-refractivity contribution in [2.24, 2.45) is 5.92 Å². The number of ether oxygens (including phenoxy) is 2. The zero-order chi connectivity index (χ0) is 25.7. The van der Waals surface area contributed by atoms with E-state index in [0.717, 1.165) is 11.1 Å². The smallest absolute Gasteiger partial charge is 0.309 e. The molecule has 0 aliphatic carbocycles. The fourth-order valence-corrected chi connectivity index (χ4v) is 5.01. The van der Waals surface area contributed by atoms with Crippen molar-refractivity contribution in [1.82, 2.24) is 9.47 Å². The third kappa shape index (κ3) is 5.46. The second-order valence-corrected chi connectivity index (χ2v) is 9.20. The number of aromatic hydroxyl groups is 1. The average Bonchev–Trinajstić information content (AvgIpc) is 2.90. The van der Waals surface area contributed by atoms with E-state index in [2.05, 4.69) is 4.90 Å². The van der Waals surface area contributed by atoms with Gasteiger partial charge in [0.25, 0.3) is 5.56 Å². The van der Waals surface area contributed by atoms with E-state index in [-0.39, 0.29) is 23.2 Å². The van der Waals surface area contributed by atoms with E-state index in [1.54, 1.807) is 17.7 Å². The van der Waals surface area contributed by atoms with Crippen molar-refractivity contribution in [3.63, 3.8) is 0 Å². The van der Waals surface area contributed by atoms with Crippen LogP contribution in [-0.2, 0) is 16.1 Å². The summed E-state index contributed by atoms with van der Waals surface area (Å²) in [7, 11) is 1.61. The lowest BCUT2D eigenvalue weighted by molar-refractivity contribution is -0.149. The Morgan fingerprint density at radius 2 is 1.81 bits per heavy atom. The lowest BCUT2D eigenvalue weighted by Gasteiger charge is -2.37. The standard InChI is InChI=1S/C29H34N2O5/c1-4-36-29(34)22-13-15-30(16-14-22)27(23-11-8-12-24(18-23)35-3)26-25(32)17-20(2)31(28(26)33)19-21-9-6-5-7-10-21/h5-12,17-18,22,27,32H,4,13-16,19H2,1-3H3/t27-/m1/s1. The number of likely N-dealkylation sites (tertiary alicyclic amines) is 1. The molecule has 0 unspecified atom stereocenters. The van der Waals surface area contributed by atoms with Gasteiger partial charge in [-0.3, -0.25) is 14.5 Å². The van der Waals surface area contributed by atoms with Crippen LogP contribution in [0.3, 0.4) is 0 Å². The molecule has 2 aromatic carbocycles. The highest BCUT2D eigenvalue weighted by Gasteiger charge is 2.34. The molecular weight excluding hydrogens is 456 g/mol. The highest BCUT2D eigenvalue weighted by Crippen LogP contribution is 2.36. The highest BCUT2D eigenvalue weighted by molar-refractivity contribution is 5.72. The number of piperidine rings is 1. The van der Waals surface area contributed by atoms with Crippen LogP contribution >= 0.6 is 0 Å². The maximum absolute atomic E-state index is 14.0. The molecule has 36 heavy (non-hydrogen) atoms. The predicted molar refractivity (Wildman–Crippen MR) is 138 cm³/mol. The molecule has 0 spiro atoms. The highest BCUT2D eigenvalue weighted by atomic mass is 16.5. The summed E-state index contributed by atoms with van der Waals surface area (Å²) in [5.41, 5.74) is 2.66.